The summed E-state index contributed by atoms with van der Waals surface area (Å²) in [6, 6.07) is 7.41. The number of hydrogen-bond acceptors (Lipinski definition) is 8. The van der Waals surface area contributed by atoms with Crippen molar-refractivity contribution in [3.8, 4) is 11.4 Å². The number of aromatic nitrogens is 4. The van der Waals surface area contributed by atoms with Crippen molar-refractivity contribution in [2.45, 2.75) is 59.7 Å². The molecule has 0 aliphatic carbocycles. The SMILES string of the molecule is Cc1cccc(N(C(=O)OC(C)(C)C)c2cncc(-c3cncc(NC(=O)OC(C)(C)C)n3)n2)c1. The lowest BCUT2D eigenvalue weighted by Gasteiger charge is -2.27. The number of rotatable bonds is 4. The van der Waals surface area contributed by atoms with Crippen LogP contribution in [0.4, 0.5) is 26.9 Å². The molecule has 0 unspecified atom stereocenters. The molecule has 2 amide bonds. The highest BCUT2D eigenvalue weighted by atomic mass is 16.6. The molecular weight excluding hydrogens is 448 g/mol. The fourth-order valence-corrected chi connectivity index (χ4v) is 2.95. The first-order valence-electron chi connectivity index (χ1n) is 11.0. The molecule has 0 aliphatic rings. The maximum atomic E-state index is 13.2. The van der Waals surface area contributed by atoms with Gasteiger partial charge in [0.05, 0.1) is 30.5 Å². The number of nitrogens with one attached hydrogen (secondary N) is 1. The Kier molecular flexibility index (Phi) is 7.33. The Balaban J connectivity index is 1.96. The van der Waals surface area contributed by atoms with Crippen LogP contribution in [0.15, 0.2) is 49.1 Å². The molecule has 0 bridgehead atoms. The monoisotopic (exact) mass is 478 g/mol. The maximum Gasteiger partial charge on any atom is 0.420 e. The van der Waals surface area contributed by atoms with E-state index in [4.69, 9.17) is 9.47 Å². The largest absolute Gasteiger partial charge is 0.444 e. The van der Waals surface area contributed by atoms with Gasteiger partial charge in [-0.3, -0.25) is 15.3 Å². The summed E-state index contributed by atoms with van der Waals surface area (Å²) < 4.78 is 10.9. The molecule has 3 aromatic rings. The van der Waals surface area contributed by atoms with Gasteiger partial charge in [-0.15, -0.1) is 0 Å². The second-order valence-corrected chi connectivity index (χ2v) is 9.83. The zero-order chi connectivity index (χ0) is 25.8. The van der Waals surface area contributed by atoms with E-state index in [2.05, 4.69) is 25.3 Å². The van der Waals surface area contributed by atoms with Crippen LogP contribution in [0.2, 0.25) is 0 Å². The molecule has 2 heterocycles. The number of nitrogens with zero attached hydrogens (tertiary/aromatic N) is 5. The number of carbonyl (C=O) groups is 2. The Bertz CT molecular complexity index is 1220. The number of benzene rings is 1. The summed E-state index contributed by atoms with van der Waals surface area (Å²) in [5.74, 6) is 0.432. The summed E-state index contributed by atoms with van der Waals surface area (Å²) in [7, 11) is 0. The zero-order valence-electron chi connectivity index (χ0n) is 21.0. The van der Waals surface area contributed by atoms with E-state index < -0.39 is 23.4 Å². The molecule has 0 saturated carbocycles. The Morgan fingerprint density at radius 1 is 0.857 bits per heavy atom. The van der Waals surface area contributed by atoms with Gasteiger partial charge in [0, 0.05) is 0 Å². The fraction of sp³-hybridized carbons (Fsp3) is 0.360. The standard InChI is InChI=1S/C25H30N6O4/c1-16-9-8-10-17(11-16)31(23(33)35-25(5,6)7)21-15-27-13-19(29-21)18-12-26-14-20(28-18)30-22(32)34-24(2,3)4/h8-15H,1-7H3,(H,28,30,32). The molecule has 1 aromatic carbocycles. The van der Waals surface area contributed by atoms with Crippen LogP contribution >= 0.6 is 0 Å². The quantitative estimate of drug-likeness (QED) is 0.510. The van der Waals surface area contributed by atoms with E-state index in [1.165, 1.54) is 29.7 Å². The van der Waals surface area contributed by atoms with Crippen LogP contribution in [0.1, 0.15) is 47.1 Å². The van der Waals surface area contributed by atoms with Gasteiger partial charge < -0.3 is 9.47 Å². The molecule has 0 saturated heterocycles. The molecule has 184 valence electrons. The molecule has 10 nitrogen and oxygen atoms in total. The molecule has 2 aromatic heterocycles. The van der Waals surface area contributed by atoms with Crippen molar-refractivity contribution in [3.63, 3.8) is 0 Å². The van der Waals surface area contributed by atoms with Crippen LogP contribution in [-0.2, 0) is 9.47 Å². The Morgan fingerprint density at radius 2 is 1.49 bits per heavy atom. The van der Waals surface area contributed by atoms with Crippen LogP contribution in [0.5, 0.6) is 0 Å². The summed E-state index contributed by atoms with van der Waals surface area (Å²) in [5.41, 5.74) is 0.877. The van der Waals surface area contributed by atoms with E-state index in [9.17, 15) is 9.59 Å². The second-order valence-electron chi connectivity index (χ2n) is 9.83. The van der Waals surface area contributed by atoms with Gasteiger partial charge in [-0.05, 0) is 66.2 Å². The van der Waals surface area contributed by atoms with Gasteiger partial charge in [-0.1, -0.05) is 12.1 Å². The van der Waals surface area contributed by atoms with E-state index in [1.807, 2.05) is 25.1 Å². The lowest BCUT2D eigenvalue weighted by atomic mass is 10.2. The number of aryl methyl sites for hydroxylation is 1. The van der Waals surface area contributed by atoms with Crippen molar-refractivity contribution in [3.05, 3.63) is 54.6 Å². The first-order valence-corrected chi connectivity index (χ1v) is 11.0. The lowest BCUT2D eigenvalue weighted by Crippen LogP contribution is -2.34. The molecule has 10 heteroatoms. The minimum absolute atomic E-state index is 0.187. The predicted molar refractivity (Wildman–Crippen MR) is 132 cm³/mol. The highest BCUT2D eigenvalue weighted by Crippen LogP contribution is 2.28. The molecule has 0 radical (unpaired) electrons. The Labute approximate surface area is 204 Å². The normalized spacial score (nSPS) is 11.5. The molecule has 0 spiro atoms. The van der Waals surface area contributed by atoms with Crippen LogP contribution in [0.3, 0.4) is 0 Å². The minimum atomic E-state index is -0.711. The predicted octanol–water partition coefficient (Wildman–Crippen LogP) is 5.66. The third-order valence-corrected chi connectivity index (χ3v) is 4.21. The van der Waals surface area contributed by atoms with Crippen molar-refractivity contribution >= 4 is 29.5 Å². The van der Waals surface area contributed by atoms with Gasteiger partial charge in [-0.25, -0.2) is 24.5 Å². The third kappa shape index (κ3) is 7.46. The van der Waals surface area contributed by atoms with E-state index in [-0.39, 0.29) is 11.6 Å². The zero-order valence-corrected chi connectivity index (χ0v) is 21.0. The van der Waals surface area contributed by atoms with Gasteiger partial charge >= 0.3 is 12.2 Å². The summed E-state index contributed by atoms with van der Waals surface area (Å²) in [4.78, 5) is 44.0. The minimum Gasteiger partial charge on any atom is -0.444 e. The van der Waals surface area contributed by atoms with Gasteiger partial charge in [0.25, 0.3) is 0 Å². The highest BCUT2D eigenvalue weighted by molar-refractivity contribution is 5.95. The molecule has 0 atom stereocenters. The number of ether oxygens (including phenoxy) is 2. The molecular formula is C25H30N6O4. The number of hydrogen-bond donors (Lipinski definition) is 1. The second kappa shape index (κ2) is 10.0. The Hall–Kier alpha value is -4.08. The van der Waals surface area contributed by atoms with Gasteiger partial charge in [0.1, 0.15) is 22.6 Å². The Morgan fingerprint density at radius 3 is 2.11 bits per heavy atom. The van der Waals surface area contributed by atoms with E-state index in [0.29, 0.717) is 17.1 Å². The van der Waals surface area contributed by atoms with Crippen molar-refractivity contribution in [2.75, 3.05) is 10.2 Å². The summed E-state index contributed by atoms with van der Waals surface area (Å²) >= 11 is 0. The van der Waals surface area contributed by atoms with E-state index in [1.54, 1.807) is 47.6 Å². The molecule has 0 aliphatic heterocycles. The smallest absolute Gasteiger partial charge is 0.420 e. The molecule has 35 heavy (non-hydrogen) atoms. The average Bonchev–Trinajstić information content (AvgIpc) is 2.72. The summed E-state index contributed by atoms with van der Waals surface area (Å²) in [5, 5.41) is 2.55. The maximum absolute atomic E-state index is 13.2. The first kappa shape index (κ1) is 25.5. The van der Waals surface area contributed by atoms with Gasteiger partial charge in [0.15, 0.2) is 11.6 Å². The summed E-state index contributed by atoms with van der Waals surface area (Å²) in [6.45, 7) is 12.6. The number of anilines is 3. The van der Waals surface area contributed by atoms with E-state index in [0.717, 1.165) is 5.56 Å². The van der Waals surface area contributed by atoms with Crippen LogP contribution < -0.4 is 10.2 Å². The lowest BCUT2D eigenvalue weighted by molar-refractivity contribution is 0.0595. The van der Waals surface area contributed by atoms with Gasteiger partial charge in [-0.2, -0.15) is 0 Å². The van der Waals surface area contributed by atoms with Crippen molar-refractivity contribution < 1.29 is 19.1 Å². The van der Waals surface area contributed by atoms with E-state index >= 15 is 0 Å². The number of amides is 2. The van der Waals surface area contributed by atoms with Gasteiger partial charge in [0.2, 0.25) is 0 Å². The van der Waals surface area contributed by atoms with Crippen LogP contribution in [-0.4, -0.2) is 43.3 Å². The molecule has 0 fully saturated rings. The molecule has 1 N–H and O–H groups in total. The topological polar surface area (TPSA) is 119 Å². The first-order chi connectivity index (χ1) is 16.3. The van der Waals surface area contributed by atoms with Crippen LogP contribution in [0, 0.1) is 6.92 Å². The average molecular weight is 479 g/mol. The van der Waals surface area contributed by atoms with Crippen LogP contribution in [0.25, 0.3) is 11.4 Å². The molecule has 3 rings (SSSR count). The van der Waals surface area contributed by atoms with Crippen molar-refractivity contribution in [2.24, 2.45) is 0 Å². The van der Waals surface area contributed by atoms with Crippen molar-refractivity contribution in [1.82, 2.24) is 19.9 Å². The van der Waals surface area contributed by atoms with Crippen molar-refractivity contribution in [1.29, 1.82) is 0 Å². The third-order valence-electron chi connectivity index (χ3n) is 4.21. The summed E-state index contributed by atoms with van der Waals surface area (Å²) in [6.07, 6.45) is 4.59. The highest BCUT2D eigenvalue weighted by Gasteiger charge is 2.27. The fourth-order valence-electron chi connectivity index (χ4n) is 2.95. The number of carbonyl (C=O) groups excluding carboxylic acids is 2.